The Labute approximate surface area is 52.6 Å². The van der Waals surface area contributed by atoms with E-state index >= 15 is 0 Å². The van der Waals surface area contributed by atoms with Crippen molar-refractivity contribution in [2.75, 3.05) is 0 Å². The molecule has 9 heavy (non-hydrogen) atoms. The Balaban J connectivity index is 2.95. The zero-order valence-electron chi connectivity index (χ0n) is 4.44. The number of hydrogen-bond acceptors (Lipinski definition) is 3. The van der Waals surface area contributed by atoms with Gasteiger partial charge in [-0.3, -0.25) is 5.10 Å². The third-order valence-corrected chi connectivity index (χ3v) is 1.55. The lowest BCUT2D eigenvalue weighted by atomic mass is 10.5. The third kappa shape index (κ3) is 0.678. The molecule has 0 spiro atoms. The average Bonchev–Trinajstić information content (AvgIpc) is 2.33. The first kappa shape index (κ1) is 4.82. The zero-order chi connectivity index (χ0) is 6.10. The first-order chi connectivity index (χ1) is 4.47. The molecule has 2 aromatic rings. The van der Waals surface area contributed by atoms with Gasteiger partial charge in [0.1, 0.15) is 0 Å². The lowest BCUT2D eigenvalue weighted by Gasteiger charge is -1.78. The highest BCUT2D eigenvalue weighted by Crippen LogP contribution is 2.05. The second-order valence-corrected chi connectivity index (χ2v) is 2.22. The summed E-state index contributed by atoms with van der Waals surface area (Å²) in [4.78, 5) is 0. The van der Waals surface area contributed by atoms with Crippen molar-refractivity contribution in [1.29, 1.82) is 0 Å². The highest BCUT2D eigenvalue weighted by atomic mass is 31.1. The molecule has 2 heterocycles. The quantitative estimate of drug-likeness (QED) is 0.589. The molecule has 0 unspecified atom stereocenters. The maximum Gasteiger partial charge on any atom is 0.163 e. The molecule has 0 saturated heterocycles. The summed E-state index contributed by atoms with van der Waals surface area (Å²) in [7, 11) is 0.737. The van der Waals surface area contributed by atoms with Crippen molar-refractivity contribution in [3.8, 4) is 0 Å². The van der Waals surface area contributed by atoms with Gasteiger partial charge in [0.05, 0.1) is 11.6 Å². The van der Waals surface area contributed by atoms with E-state index in [1.807, 2.05) is 0 Å². The maximum absolute atomic E-state index is 4.01. The molecule has 0 saturated carbocycles. The summed E-state index contributed by atoms with van der Waals surface area (Å²) < 4.78 is 7.92. The van der Waals surface area contributed by atoms with Gasteiger partial charge in [0.25, 0.3) is 0 Å². The molecule has 2 aromatic heterocycles. The van der Waals surface area contributed by atoms with Crippen molar-refractivity contribution < 1.29 is 0 Å². The zero-order valence-corrected chi connectivity index (χ0v) is 5.34. The Hall–Kier alpha value is -1.02. The van der Waals surface area contributed by atoms with E-state index in [4.69, 9.17) is 0 Å². The largest absolute Gasteiger partial charge is 0.260 e. The molecule has 0 aliphatic carbocycles. The van der Waals surface area contributed by atoms with Crippen molar-refractivity contribution in [3.05, 3.63) is 12.4 Å². The van der Waals surface area contributed by atoms with Crippen LogP contribution in [0.15, 0.2) is 12.4 Å². The van der Waals surface area contributed by atoms with Crippen molar-refractivity contribution in [3.63, 3.8) is 0 Å². The summed E-state index contributed by atoms with van der Waals surface area (Å²) in [5.41, 5.74) is 0.826. The van der Waals surface area contributed by atoms with Crippen LogP contribution in [0.3, 0.4) is 0 Å². The highest BCUT2D eigenvalue weighted by Gasteiger charge is 1.91. The maximum atomic E-state index is 4.01. The number of nitrogens with one attached hydrogen (secondary N) is 1. The van der Waals surface area contributed by atoms with Gasteiger partial charge in [-0.2, -0.15) is 9.85 Å². The van der Waals surface area contributed by atoms with E-state index in [-0.39, 0.29) is 0 Å². The summed E-state index contributed by atoms with van der Waals surface area (Å²) >= 11 is 0. The molecule has 0 radical (unpaired) electrons. The van der Waals surface area contributed by atoms with Gasteiger partial charge in [-0.15, -0.1) is 0 Å². The summed E-state index contributed by atoms with van der Waals surface area (Å²) in [6.07, 6.45) is 3.46. The minimum Gasteiger partial charge on any atom is -0.260 e. The summed E-state index contributed by atoms with van der Waals surface area (Å²) in [6.45, 7) is 0. The number of hydrogen-bond donors (Lipinski definition) is 1. The van der Waals surface area contributed by atoms with Crippen LogP contribution >= 0.6 is 8.51 Å². The standard InChI is InChI=1S/C4H3N4P/c1-3-2-6-9-8-4(3)7-5-1/h1-2H,(H,5,6,7,8). The fourth-order valence-corrected chi connectivity index (χ4v) is 1.10. The second-order valence-electron chi connectivity index (χ2n) is 1.61. The lowest BCUT2D eigenvalue weighted by molar-refractivity contribution is 1.11. The number of nitrogens with zero attached hydrogens (tertiary/aromatic N) is 3. The Bertz CT molecular complexity index is 287. The number of aromatic amines is 1. The van der Waals surface area contributed by atoms with Crippen LogP contribution in [0.1, 0.15) is 0 Å². The number of aromatic nitrogens is 4. The molecule has 5 heteroatoms. The molecule has 0 aliphatic rings. The van der Waals surface area contributed by atoms with Crippen molar-refractivity contribution in [1.82, 2.24) is 19.7 Å². The van der Waals surface area contributed by atoms with Crippen molar-refractivity contribution in [2.24, 2.45) is 0 Å². The minimum absolute atomic E-state index is 0.737. The Morgan fingerprint density at radius 2 is 2.44 bits per heavy atom. The monoisotopic (exact) mass is 138 g/mol. The molecule has 1 N–H and O–H groups in total. The van der Waals surface area contributed by atoms with E-state index in [1.54, 1.807) is 12.4 Å². The fraction of sp³-hybridized carbons (Fsp3) is 0. The molecule has 0 aliphatic heterocycles. The van der Waals surface area contributed by atoms with Crippen LogP contribution in [-0.4, -0.2) is 19.7 Å². The SMILES string of the molecule is c1n[nH]c2npncc12. The average molecular weight is 138 g/mol. The van der Waals surface area contributed by atoms with Gasteiger partial charge in [0.15, 0.2) is 14.2 Å². The van der Waals surface area contributed by atoms with Crippen LogP contribution in [0.25, 0.3) is 11.0 Å². The van der Waals surface area contributed by atoms with E-state index in [2.05, 4.69) is 19.7 Å². The molecule has 0 amide bonds. The van der Waals surface area contributed by atoms with E-state index in [0.717, 1.165) is 19.5 Å². The third-order valence-electron chi connectivity index (χ3n) is 1.04. The molecule has 0 aromatic carbocycles. The molecule has 44 valence electrons. The Kier molecular flexibility index (Phi) is 0.932. The van der Waals surface area contributed by atoms with E-state index in [0.29, 0.717) is 0 Å². The minimum atomic E-state index is 0.737. The Morgan fingerprint density at radius 1 is 1.44 bits per heavy atom. The van der Waals surface area contributed by atoms with Crippen LogP contribution < -0.4 is 0 Å². The summed E-state index contributed by atoms with van der Waals surface area (Å²) in [5, 5.41) is 7.50. The molecular formula is C4H3N4P. The van der Waals surface area contributed by atoms with E-state index < -0.39 is 0 Å². The molecule has 2 rings (SSSR count). The van der Waals surface area contributed by atoms with Crippen LogP contribution in [0.4, 0.5) is 0 Å². The Morgan fingerprint density at radius 3 is 3.33 bits per heavy atom. The molecule has 0 fully saturated rings. The van der Waals surface area contributed by atoms with Crippen LogP contribution in [0.2, 0.25) is 0 Å². The van der Waals surface area contributed by atoms with Crippen LogP contribution in [-0.2, 0) is 0 Å². The van der Waals surface area contributed by atoms with Gasteiger partial charge < -0.3 is 0 Å². The predicted molar refractivity (Wildman–Crippen MR) is 34.2 cm³/mol. The van der Waals surface area contributed by atoms with Gasteiger partial charge >= 0.3 is 0 Å². The fourth-order valence-electron chi connectivity index (χ4n) is 0.622. The number of H-pyrrole nitrogens is 1. The smallest absolute Gasteiger partial charge is 0.163 e. The normalized spacial score (nSPS) is 11.1. The topological polar surface area (TPSA) is 54.5 Å². The van der Waals surface area contributed by atoms with E-state index in [1.165, 1.54) is 0 Å². The van der Waals surface area contributed by atoms with Crippen molar-refractivity contribution in [2.45, 2.75) is 0 Å². The predicted octanol–water partition coefficient (Wildman–Crippen LogP) is 0.933. The van der Waals surface area contributed by atoms with Gasteiger partial charge in [-0.05, 0) is 0 Å². The number of rotatable bonds is 0. The summed E-state index contributed by atoms with van der Waals surface area (Å²) in [5.74, 6) is 0. The van der Waals surface area contributed by atoms with Gasteiger partial charge in [0, 0.05) is 6.20 Å². The molecular weight excluding hydrogens is 135 g/mol. The van der Waals surface area contributed by atoms with Crippen LogP contribution in [0, 0.1) is 0 Å². The molecule has 0 atom stereocenters. The lowest BCUT2D eigenvalue weighted by Crippen LogP contribution is -1.70. The van der Waals surface area contributed by atoms with Crippen LogP contribution in [0.5, 0.6) is 0 Å². The van der Waals surface area contributed by atoms with E-state index in [9.17, 15) is 0 Å². The summed E-state index contributed by atoms with van der Waals surface area (Å²) in [6, 6.07) is 0. The van der Waals surface area contributed by atoms with Gasteiger partial charge in [-0.1, -0.05) is 0 Å². The van der Waals surface area contributed by atoms with Gasteiger partial charge in [-0.25, -0.2) is 4.75 Å². The molecule has 0 bridgehead atoms. The van der Waals surface area contributed by atoms with Crippen molar-refractivity contribution >= 4 is 19.5 Å². The first-order valence-electron chi connectivity index (χ1n) is 2.44. The second kappa shape index (κ2) is 1.74. The first-order valence-corrected chi connectivity index (χ1v) is 3.24. The highest BCUT2D eigenvalue weighted by molar-refractivity contribution is 7.20. The molecule has 4 nitrogen and oxygen atoms in total. The van der Waals surface area contributed by atoms with Gasteiger partial charge in [0.2, 0.25) is 0 Å². The number of fused-ring (bicyclic) bond motifs is 1.